The lowest BCUT2D eigenvalue weighted by molar-refractivity contribution is 0.714. The average Bonchev–Trinajstić information content (AvgIpc) is 2.29. The molecule has 0 amide bonds. The van der Waals surface area contributed by atoms with Crippen molar-refractivity contribution in [2.24, 2.45) is 16.5 Å². The SMILES string of the molecule is CN(C(=N)N)C(N)=NCc1ccc(Cl)c(Cl)c1.Cl. The molecule has 0 bridgehead atoms. The zero-order chi connectivity index (χ0) is 13.0. The third kappa shape index (κ3) is 4.60. The number of hydrogen-bond acceptors (Lipinski definition) is 2. The van der Waals surface area contributed by atoms with Gasteiger partial charge in [0.25, 0.3) is 0 Å². The summed E-state index contributed by atoms with van der Waals surface area (Å²) in [5, 5.41) is 8.14. The van der Waals surface area contributed by atoms with Crippen LogP contribution in [0.2, 0.25) is 10.0 Å². The Kier molecular flexibility index (Phi) is 6.83. The molecular weight excluding hydrogens is 297 g/mol. The van der Waals surface area contributed by atoms with Crippen LogP contribution in [-0.4, -0.2) is 23.9 Å². The van der Waals surface area contributed by atoms with Crippen LogP contribution in [0.1, 0.15) is 5.56 Å². The van der Waals surface area contributed by atoms with Gasteiger partial charge >= 0.3 is 0 Å². The summed E-state index contributed by atoms with van der Waals surface area (Å²) in [6.45, 7) is 0.348. The minimum absolute atomic E-state index is 0. The van der Waals surface area contributed by atoms with Crippen LogP contribution in [0.15, 0.2) is 23.2 Å². The fraction of sp³-hybridized carbons (Fsp3) is 0.200. The maximum absolute atomic E-state index is 7.18. The number of benzene rings is 1. The maximum atomic E-state index is 7.18. The van der Waals surface area contributed by atoms with Crippen molar-refractivity contribution < 1.29 is 0 Å². The summed E-state index contributed by atoms with van der Waals surface area (Å²) in [5.74, 6) is 0.00367. The molecular formula is C10H14Cl3N5. The van der Waals surface area contributed by atoms with Crippen LogP contribution in [0, 0.1) is 5.41 Å². The van der Waals surface area contributed by atoms with Crippen LogP contribution in [0.5, 0.6) is 0 Å². The monoisotopic (exact) mass is 309 g/mol. The predicted molar refractivity (Wildman–Crippen MR) is 78.7 cm³/mol. The Hall–Kier alpha value is -1.17. The lowest BCUT2D eigenvalue weighted by Crippen LogP contribution is -2.42. The van der Waals surface area contributed by atoms with Gasteiger partial charge < -0.3 is 11.5 Å². The molecule has 0 saturated carbocycles. The molecule has 0 heterocycles. The molecule has 8 heteroatoms. The maximum Gasteiger partial charge on any atom is 0.198 e. The smallest absolute Gasteiger partial charge is 0.198 e. The Labute approximate surface area is 122 Å². The second kappa shape index (κ2) is 7.31. The number of nitrogens with one attached hydrogen (secondary N) is 1. The molecule has 0 atom stereocenters. The third-order valence-electron chi connectivity index (χ3n) is 2.11. The van der Waals surface area contributed by atoms with E-state index in [1.54, 1.807) is 25.2 Å². The lowest BCUT2D eigenvalue weighted by Gasteiger charge is -2.15. The highest BCUT2D eigenvalue weighted by molar-refractivity contribution is 6.42. The molecule has 0 unspecified atom stereocenters. The molecule has 1 aromatic carbocycles. The van der Waals surface area contributed by atoms with Crippen LogP contribution in [0.4, 0.5) is 0 Å². The Morgan fingerprint density at radius 1 is 1.33 bits per heavy atom. The molecule has 0 aromatic heterocycles. The molecule has 0 aliphatic carbocycles. The molecule has 0 spiro atoms. The van der Waals surface area contributed by atoms with Crippen molar-refractivity contribution in [3.05, 3.63) is 33.8 Å². The van der Waals surface area contributed by atoms with E-state index in [-0.39, 0.29) is 24.3 Å². The molecule has 0 saturated heterocycles. The van der Waals surface area contributed by atoms with E-state index >= 15 is 0 Å². The van der Waals surface area contributed by atoms with Gasteiger partial charge in [0.05, 0.1) is 16.6 Å². The summed E-state index contributed by atoms with van der Waals surface area (Å²) in [7, 11) is 1.57. The van der Waals surface area contributed by atoms with Crippen molar-refractivity contribution >= 4 is 47.5 Å². The first-order valence-electron chi connectivity index (χ1n) is 4.73. The fourth-order valence-corrected chi connectivity index (χ4v) is 1.36. The zero-order valence-corrected chi connectivity index (χ0v) is 12.0. The fourth-order valence-electron chi connectivity index (χ4n) is 1.04. The summed E-state index contributed by atoms with van der Waals surface area (Å²) in [5.41, 5.74) is 11.8. The minimum Gasteiger partial charge on any atom is -0.370 e. The van der Waals surface area contributed by atoms with Crippen LogP contribution >= 0.6 is 35.6 Å². The van der Waals surface area contributed by atoms with Gasteiger partial charge in [-0.25, -0.2) is 4.99 Å². The van der Waals surface area contributed by atoms with Gasteiger partial charge in [-0.05, 0) is 17.7 Å². The lowest BCUT2D eigenvalue weighted by atomic mass is 10.2. The van der Waals surface area contributed by atoms with Crippen molar-refractivity contribution in [1.82, 2.24) is 4.90 Å². The summed E-state index contributed by atoms with van der Waals surface area (Å²) in [6, 6.07) is 5.22. The van der Waals surface area contributed by atoms with Gasteiger partial charge in [-0.1, -0.05) is 29.3 Å². The Balaban J connectivity index is 0.00000289. The molecule has 0 aliphatic heterocycles. The molecule has 1 rings (SSSR count). The van der Waals surface area contributed by atoms with Gasteiger partial charge in [-0.2, -0.15) is 0 Å². The van der Waals surface area contributed by atoms with Crippen molar-refractivity contribution in [2.45, 2.75) is 6.54 Å². The van der Waals surface area contributed by atoms with Crippen LogP contribution < -0.4 is 11.5 Å². The van der Waals surface area contributed by atoms with Gasteiger partial charge in [-0.15, -0.1) is 12.4 Å². The first-order valence-corrected chi connectivity index (χ1v) is 5.49. The summed E-state index contributed by atoms with van der Waals surface area (Å²) in [4.78, 5) is 5.36. The Morgan fingerprint density at radius 3 is 2.44 bits per heavy atom. The summed E-state index contributed by atoms with van der Waals surface area (Å²) in [6.07, 6.45) is 0. The van der Waals surface area contributed by atoms with Gasteiger partial charge in [0.15, 0.2) is 11.9 Å². The van der Waals surface area contributed by atoms with E-state index in [4.69, 9.17) is 40.1 Å². The number of guanidine groups is 2. The van der Waals surface area contributed by atoms with Crippen LogP contribution in [0.25, 0.3) is 0 Å². The third-order valence-corrected chi connectivity index (χ3v) is 2.85. The second-order valence-corrected chi connectivity index (χ2v) is 4.18. The van der Waals surface area contributed by atoms with Crippen LogP contribution in [-0.2, 0) is 6.54 Å². The number of nitrogens with two attached hydrogens (primary N) is 2. The molecule has 5 nitrogen and oxygen atoms in total. The van der Waals surface area contributed by atoms with Gasteiger partial charge in [0, 0.05) is 7.05 Å². The first-order chi connectivity index (χ1) is 7.91. The minimum atomic E-state index is -0.166. The first kappa shape index (κ1) is 16.8. The number of halogens is 3. The van der Waals surface area contributed by atoms with Crippen molar-refractivity contribution in [1.29, 1.82) is 5.41 Å². The van der Waals surface area contributed by atoms with E-state index in [2.05, 4.69) is 4.99 Å². The second-order valence-electron chi connectivity index (χ2n) is 3.37. The highest BCUT2D eigenvalue weighted by Gasteiger charge is 2.04. The molecule has 0 aliphatic rings. The molecule has 1 aromatic rings. The van der Waals surface area contributed by atoms with Crippen molar-refractivity contribution in [3.63, 3.8) is 0 Å². The van der Waals surface area contributed by atoms with Gasteiger partial charge in [0.1, 0.15) is 0 Å². The normalized spacial score (nSPS) is 10.7. The Bertz CT molecular complexity index is 461. The highest BCUT2D eigenvalue weighted by Crippen LogP contribution is 2.22. The van der Waals surface area contributed by atoms with E-state index in [9.17, 15) is 0 Å². The largest absolute Gasteiger partial charge is 0.370 e. The van der Waals surface area contributed by atoms with Crippen molar-refractivity contribution in [2.75, 3.05) is 7.05 Å². The average molecular weight is 311 g/mol. The zero-order valence-electron chi connectivity index (χ0n) is 9.65. The molecule has 0 fully saturated rings. The quantitative estimate of drug-likeness (QED) is 0.576. The summed E-state index contributed by atoms with van der Waals surface area (Å²) >= 11 is 11.7. The Morgan fingerprint density at radius 2 is 1.94 bits per heavy atom. The summed E-state index contributed by atoms with van der Waals surface area (Å²) < 4.78 is 0. The van der Waals surface area contributed by atoms with E-state index in [1.807, 2.05) is 0 Å². The van der Waals surface area contributed by atoms with E-state index in [1.165, 1.54) is 4.90 Å². The van der Waals surface area contributed by atoms with E-state index in [0.29, 0.717) is 16.6 Å². The number of hydrogen-bond donors (Lipinski definition) is 3. The highest BCUT2D eigenvalue weighted by atomic mass is 35.5. The number of aliphatic imine (C=N–C) groups is 1. The predicted octanol–water partition coefficient (Wildman–Crippen LogP) is 2.06. The molecule has 5 N–H and O–H groups in total. The molecule has 0 radical (unpaired) electrons. The van der Waals surface area contributed by atoms with E-state index in [0.717, 1.165) is 5.56 Å². The van der Waals surface area contributed by atoms with Crippen molar-refractivity contribution in [3.8, 4) is 0 Å². The van der Waals surface area contributed by atoms with Gasteiger partial charge in [0.2, 0.25) is 0 Å². The molecule has 100 valence electrons. The number of nitrogens with zero attached hydrogens (tertiary/aromatic N) is 2. The standard InChI is InChI=1S/C10H13Cl2N5.ClH/c1-17(9(13)14)10(15)16-5-6-2-3-7(11)8(12)4-6;/h2-4H,5H2,1H3,(H3,13,14)(H2,15,16);1H. The number of rotatable bonds is 2. The molecule has 18 heavy (non-hydrogen) atoms. The topological polar surface area (TPSA) is 91.5 Å². The van der Waals surface area contributed by atoms with E-state index < -0.39 is 0 Å². The van der Waals surface area contributed by atoms with Gasteiger partial charge in [-0.3, -0.25) is 10.3 Å². The van der Waals surface area contributed by atoms with Crippen LogP contribution in [0.3, 0.4) is 0 Å².